The molecule has 108 valence electrons. The highest BCUT2D eigenvalue weighted by molar-refractivity contribution is 5.82. The molecule has 0 bridgehead atoms. The Morgan fingerprint density at radius 1 is 1.16 bits per heavy atom. The lowest BCUT2D eigenvalue weighted by Gasteiger charge is -2.37. The summed E-state index contributed by atoms with van der Waals surface area (Å²) in [5.74, 6) is 1.39. The van der Waals surface area contributed by atoms with Crippen LogP contribution in [0.3, 0.4) is 0 Å². The third-order valence-corrected chi connectivity index (χ3v) is 5.40. The van der Waals surface area contributed by atoms with Gasteiger partial charge in [-0.25, -0.2) is 0 Å². The minimum absolute atomic E-state index is 0.0335. The van der Waals surface area contributed by atoms with Crippen LogP contribution in [0.15, 0.2) is 0 Å². The SMILES string of the molecule is CC1(C(=O)N2CCC(NCC3CC3)CC2)CCCC1. The van der Waals surface area contributed by atoms with Gasteiger partial charge in [-0.05, 0) is 51.0 Å². The molecule has 0 aromatic heterocycles. The Bertz CT molecular complexity index is 324. The van der Waals surface area contributed by atoms with Crippen LogP contribution in [0.1, 0.15) is 58.3 Å². The Morgan fingerprint density at radius 2 is 1.79 bits per heavy atom. The molecule has 1 amide bonds. The molecule has 0 aromatic carbocycles. The predicted octanol–water partition coefficient (Wildman–Crippen LogP) is 2.56. The zero-order valence-electron chi connectivity index (χ0n) is 12.3. The zero-order valence-corrected chi connectivity index (χ0v) is 12.3. The highest BCUT2D eigenvalue weighted by Crippen LogP contribution is 2.39. The average molecular weight is 264 g/mol. The van der Waals surface area contributed by atoms with E-state index >= 15 is 0 Å². The number of nitrogens with one attached hydrogen (secondary N) is 1. The lowest BCUT2D eigenvalue weighted by atomic mass is 9.86. The third-order valence-electron chi connectivity index (χ3n) is 5.40. The summed E-state index contributed by atoms with van der Waals surface area (Å²) in [7, 11) is 0. The highest BCUT2D eigenvalue weighted by Gasteiger charge is 2.39. The van der Waals surface area contributed by atoms with Gasteiger partial charge in [0, 0.05) is 24.5 Å². The van der Waals surface area contributed by atoms with E-state index in [1.807, 2.05) is 0 Å². The van der Waals surface area contributed by atoms with Gasteiger partial charge in [0.1, 0.15) is 0 Å². The van der Waals surface area contributed by atoms with Gasteiger partial charge in [-0.3, -0.25) is 4.79 Å². The van der Waals surface area contributed by atoms with Crippen LogP contribution in [0, 0.1) is 11.3 Å². The first kappa shape index (κ1) is 13.4. The standard InChI is InChI=1S/C16H28N2O/c1-16(8-2-3-9-16)15(19)18-10-6-14(7-11-18)17-12-13-4-5-13/h13-14,17H,2-12H2,1H3. The normalized spacial score (nSPS) is 27.7. The van der Waals surface area contributed by atoms with E-state index < -0.39 is 0 Å². The van der Waals surface area contributed by atoms with Crippen molar-refractivity contribution in [2.45, 2.75) is 64.3 Å². The van der Waals surface area contributed by atoms with Crippen LogP contribution in [0.4, 0.5) is 0 Å². The number of carbonyl (C=O) groups excluding carboxylic acids is 1. The van der Waals surface area contributed by atoms with Gasteiger partial charge >= 0.3 is 0 Å². The Kier molecular flexibility index (Phi) is 3.84. The number of amides is 1. The molecule has 3 heteroatoms. The molecule has 2 aliphatic carbocycles. The van der Waals surface area contributed by atoms with Gasteiger partial charge in [0.05, 0.1) is 0 Å². The monoisotopic (exact) mass is 264 g/mol. The van der Waals surface area contributed by atoms with E-state index in [0.29, 0.717) is 11.9 Å². The average Bonchev–Trinajstić information content (AvgIpc) is 3.17. The molecule has 19 heavy (non-hydrogen) atoms. The summed E-state index contributed by atoms with van der Waals surface area (Å²) in [5, 5.41) is 3.68. The van der Waals surface area contributed by atoms with E-state index in [1.54, 1.807) is 0 Å². The fraction of sp³-hybridized carbons (Fsp3) is 0.938. The van der Waals surface area contributed by atoms with Gasteiger partial charge in [-0.1, -0.05) is 19.8 Å². The van der Waals surface area contributed by atoms with Gasteiger partial charge in [-0.15, -0.1) is 0 Å². The molecule has 1 aliphatic heterocycles. The Labute approximate surface area is 117 Å². The first-order valence-electron chi connectivity index (χ1n) is 8.20. The lowest BCUT2D eigenvalue weighted by molar-refractivity contribution is -0.142. The van der Waals surface area contributed by atoms with Crippen molar-refractivity contribution in [3.63, 3.8) is 0 Å². The minimum Gasteiger partial charge on any atom is -0.342 e. The first-order valence-corrected chi connectivity index (χ1v) is 8.20. The smallest absolute Gasteiger partial charge is 0.228 e. The number of carbonyl (C=O) groups is 1. The molecule has 3 fully saturated rings. The van der Waals surface area contributed by atoms with Crippen LogP contribution >= 0.6 is 0 Å². The summed E-state index contributed by atoms with van der Waals surface area (Å²) >= 11 is 0. The van der Waals surface area contributed by atoms with Crippen LogP contribution in [-0.4, -0.2) is 36.5 Å². The summed E-state index contributed by atoms with van der Waals surface area (Å²) in [6.07, 6.45) is 9.81. The van der Waals surface area contributed by atoms with Crippen molar-refractivity contribution < 1.29 is 4.79 Å². The van der Waals surface area contributed by atoms with Crippen LogP contribution in [0.25, 0.3) is 0 Å². The molecule has 0 radical (unpaired) electrons. The molecule has 3 nitrogen and oxygen atoms in total. The first-order chi connectivity index (χ1) is 9.17. The molecule has 0 aromatic rings. The molecule has 3 rings (SSSR count). The van der Waals surface area contributed by atoms with Crippen LogP contribution in [0.2, 0.25) is 0 Å². The van der Waals surface area contributed by atoms with Gasteiger partial charge in [0.25, 0.3) is 0 Å². The number of piperidine rings is 1. The maximum atomic E-state index is 12.6. The van der Waals surface area contributed by atoms with Crippen molar-refractivity contribution in [1.29, 1.82) is 0 Å². The molecule has 1 saturated heterocycles. The number of rotatable bonds is 4. The van der Waals surface area contributed by atoms with Gasteiger partial charge < -0.3 is 10.2 Å². The maximum Gasteiger partial charge on any atom is 0.228 e. The number of likely N-dealkylation sites (tertiary alicyclic amines) is 1. The molecule has 3 aliphatic rings. The summed E-state index contributed by atoms with van der Waals surface area (Å²) in [5.41, 5.74) is -0.0335. The van der Waals surface area contributed by atoms with Crippen molar-refractivity contribution in [3.05, 3.63) is 0 Å². The molecule has 0 spiro atoms. The van der Waals surface area contributed by atoms with E-state index in [2.05, 4.69) is 17.1 Å². The second-order valence-corrected chi connectivity index (χ2v) is 7.19. The van der Waals surface area contributed by atoms with Crippen LogP contribution < -0.4 is 5.32 Å². The van der Waals surface area contributed by atoms with E-state index in [0.717, 1.165) is 44.7 Å². The summed E-state index contributed by atoms with van der Waals surface area (Å²) in [6, 6.07) is 0.654. The number of nitrogens with zero attached hydrogens (tertiary/aromatic N) is 1. The van der Waals surface area contributed by atoms with E-state index in [-0.39, 0.29) is 5.41 Å². The minimum atomic E-state index is -0.0335. The van der Waals surface area contributed by atoms with Crippen molar-refractivity contribution in [3.8, 4) is 0 Å². The number of hydrogen-bond acceptors (Lipinski definition) is 2. The van der Waals surface area contributed by atoms with Gasteiger partial charge in [-0.2, -0.15) is 0 Å². The molecular weight excluding hydrogens is 236 g/mol. The van der Waals surface area contributed by atoms with Crippen molar-refractivity contribution in [1.82, 2.24) is 10.2 Å². The summed E-state index contributed by atoms with van der Waals surface area (Å²) < 4.78 is 0. The quantitative estimate of drug-likeness (QED) is 0.846. The van der Waals surface area contributed by atoms with Crippen LogP contribution in [-0.2, 0) is 4.79 Å². The molecule has 0 unspecified atom stereocenters. The lowest BCUT2D eigenvalue weighted by Crippen LogP contribution is -2.49. The Hall–Kier alpha value is -0.570. The second kappa shape index (κ2) is 5.43. The molecule has 2 saturated carbocycles. The zero-order chi connectivity index (χ0) is 13.3. The topological polar surface area (TPSA) is 32.3 Å². The van der Waals surface area contributed by atoms with Crippen molar-refractivity contribution >= 4 is 5.91 Å². The van der Waals surface area contributed by atoms with Crippen LogP contribution in [0.5, 0.6) is 0 Å². The van der Waals surface area contributed by atoms with Gasteiger partial charge in [0.15, 0.2) is 0 Å². The van der Waals surface area contributed by atoms with Crippen molar-refractivity contribution in [2.24, 2.45) is 11.3 Å². The molecular formula is C16H28N2O. The molecule has 0 atom stereocenters. The predicted molar refractivity (Wildman–Crippen MR) is 76.9 cm³/mol. The fourth-order valence-electron chi connectivity index (χ4n) is 3.69. The highest BCUT2D eigenvalue weighted by atomic mass is 16.2. The van der Waals surface area contributed by atoms with Gasteiger partial charge in [0.2, 0.25) is 5.91 Å². The summed E-state index contributed by atoms with van der Waals surface area (Å²) in [6.45, 7) is 5.32. The summed E-state index contributed by atoms with van der Waals surface area (Å²) in [4.78, 5) is 14.7. The second-order valence-electron chi connectivity index (χ2n) is 7.19. The largest absolute Gasteiger partial charge is 0.342 e. The molecule has 1 heterocycles. The van der Waals surface area contributed by atoms with E-state index in [1.165, 1.54) is 32.2 Å². The van der Waals surface area contributed by atoms with E-state index in [9.17, 15) is 4.79 Å². The third kappa shape index (κ3) is 3.13. The Morgan fingerprint density at radius 3 is 2.37 bits per heavy atom. The molecule has 1 N–H and O–H groups in total. The fourth-order valence-corrected chi connectivity index (χ4v) is 3.69. The number of hydrogen-bond donors (Lipinski definition) is 1. The maximum absolute atomic E-state index is 12.6. The Balaban J connectivity index is 1.45. The van der Waals surface area contributed by atoms with E-state index in [4.69, 9.17) is 0 Å². The van der Waals surface area contributed by atoms with Crippen molar-refractivity contribution in [2.75, 3.05) is 19.6 Å².